The molecule has 2 rings (SSSR count). The van der Waals surface area contributed by atoms with Crippen molar-refractivity contribution in [3.05, 3.63) is 35.6 Å². The average molecular weight is 267 g/mol. The normalized spacial score (nSPS) is 20.2. The van der Waals surface area contributed by atoms with Gasteiger partial charge in [0.1, 0.15) is 5.82 Å². The van der Waals surface area contributed by atoms with Crippen molar-refractivity contribution in [2.75, 3.05) is 13.1 Å². The molecule has 0 bridgehead atoms. The van der Waals surface area contributed by atoms with Gasteiger partial charge in [0.15, 0.2) is 0 Å². The second-order valence-electron chi connectivity index (χ2n) is 5.48. The summed E-state index contributed by atoms with van der Waals surface area (Å²) in [6.07, 6.45) is 4.31. The lowest BCUT2D eigenvalue weighted by molar-refractivity contribution is 0.00264. The van der Waals surface area contributed by atoms with E-state index in [1.807, 2.05) is 0 Å². The fourth-order valence-corrected chi connectivity index (χ4v) is 2.63. The Morgan fingerprint density at radius 3 is 2.42 bits per heavy atom. The summed E-state index contributed by atoms with van der Waals surface area (Å²) in [6.45, 7) is 0.874. The van der Waals surface area contributed by atoms with Crippen LogP contribution in [-0.2, 0) is 0 Å². The summed E-state index contributed by atoms with van der Waals surface area (Å²) in [7, 11) is 0. The summed E-state index contributed by atoms with van der Waals surface area (Å²) in [4.78, 5) is 0. The maximum atomic E-state index is 12.8. The van der Waals surface area contributed by atoms with Gasteiger partial charge >= 0.3 is 0 Å². The van der Waals surface area contributed by atoms with Crippen LogP contribution in [0, 0.1) is 5.82 Å². The number of aliphatic hydroxyl groups excluding tert-OH is 1. The molecule has 106 valence electrons. The molecule has 1 atom stereocenters. The van der Waals surface area contributed by atoms with Crippen molar-refractivity contribution in [3.63, 3.8) is 0 Å². The SMILES string of the molecule is OC(CNCC1(O)CCCCC1)c1ccc(F)cc1. The predicted molar refractivity (Wildman–Crippen MR) is 72.3 cm³/mol. The van der Waals surface area contributed by atoms with Crippen molar-refractivity contribution < 1.29 is 14.6 Å². The molecule has 19 heavy (non-hydrogen) atoms. The molecule has 3 nitrogen and oxygen atoms in total. The molecule has 1 aliphatic carbocycles. The van der Waals surface area contributed by atoms with Crippen LogP contribution >= 0.6 is 0 Å². The van der Waals surface area contributed by atoms with E-state index in [9.17, 15) is 14.6 Å². The highest BCUT2D eigenvalue weighted by Gasteiger charge is 2.28. The first-order valence-electron chi connectivity index (χ1n) is 6.96. The summed E-state index contributed by atoms with van der Waals surface area (Å²) in [5.74, 6) is -0.305. The zero-order valence-electron chi connectivity index (χ0n) is 11.1. The van der Waals surface area contributed by atoms with Gasteiger partial charge in [0.05, 0.1) is 11.7 Å². The van der Waals surface area contributed by atoms with Crippen LogP contribution in [0.4, 0.5) is 4.39 Å². The Hall–Kier alpha value is -0.970. The molecular formula is C15H22FNO2. The highest BCUT2D eigenvalue weighted by atomic mass is 19.1. The number of aliphatic hydroxyl groups is 2. The molecule has 4 heteroatoms. The Kier molecular flexibility index (Phi) is 4.91. The molecule has 0 amide bonds. The van der Waals surface area contributed by atoms with Crippen molar-refractivity contribution >= 4 is 0 Å². The number of hydrogen-bond acceptors (Lipinski definition) is 3. The second-order valence-corrected chi connectivity index (χ2v) is 5.48. The Balaban J connectivity index is 1.77. The quantitative estimate of drug-likeness (QED) is 0.766. The molecule has 3 N–H and O–H groups in total. The minimum atomic E-state index is -0.673. The Morgan fingerprint density at radius 2 is 1.79 bits per heavy atom. The molecule has 1 aromatic rings. The fourth-order valence-electron chi connectivity index (χ4n) is 2.63. The highest BCUT2D eigenvalue weighted by molar-refractivity contribution is 5.18. The van der Waals surface area contributed by atoms with Gasteiger partial charge in [0.25, 0.3) is 0 Å². The smallest absolute Gasteiger partial charge is 0.123 e. The van der Waals surface area contributed by atoms with E-state index in [1.54, 1.807) is 12.1 Å². The van der Waals surface area contributed by atoms with Gasteiger partial charge in [-0.25, -0.2) is 4.39 Å². The first-order valence-corrected chi connectivity index (χ1v) is 6.96. The Morgan fingerprint density at radius 1 is 1.16 bits per heavy atom. The van der Waals surface area contributed by atoms with Crippen LogP contribution in [0.15, 0.2) is 24.3 Å². The third-order valence-electron chi connectivity index (χ3n) is 3.83. The zero-order valence-corrected chi connectivity index (χ0v) is 11.1. The summed E-state index contributed by atoms with van der Waals surface area (Å²) in [5.41, 5.74) is 0.0605. The van der Waals surface area contributed by atoms with Gasteiger partial charge in [-0.05, 0) is 30.5 Å². The van der Waals surface area contributed by atoms with E-state index >= 15 is 0 Å². The van der Waals surface area contributed by atoms with Crippen molar-refractivity contribution in [2.24, 2.45) is 0 Å². The van der Waals surface area contributed by atoms with E-state index in [4.69, 9.17) is 0 Å². The van der Waals surface area contributed by atoms with Crippen molar-refractivity contribution in [3.8, 4) is 0 Å². The zero-order chi connectivity index (χ0) is 13.7. The largest absolute Gasteiger partial charge is 0.389 e. The Bertz CT molecular complexity index is 388. The average Bonchev–Trinajstić information content (AvgIpc) is 2.40. The topological polar surface area (TPSA) is 52.5 Å². The molecule has 0 spiro atoms. The van der Waals surface area contributed by atoms with Crippen LogP contribution in [0.3, 0.4) is 0 Å². The number of hydrogen-bond donors (Lipinski definition) is 3. The van der Waals surface area contributed by atoms with E-state index in [0.717, 1.165) is 25.7 Å². The van der Waals surface area contributed by atoms with Gasteiger partial charge in [-0.15, -0.1) is 0 Å². The predicted octanol–water partition coefficient (Wildman–Crippen LogP) is 2.14. The van der Waals surface area contributed by atoms with Crippen molar-refractivity contribution in [1.82, 2.24) is 5.32 Å². The molecule has 1 aromatic carbocycles. The Labute approximate surface area is 113 Å². The number of nitrogens with one attached hydrogen (secondary N) is 1. The lowest BCUT2D eigenvalue weighted by Crippen LogP contribution is -2.43. The standard InChI is InChI=1S/C15H22FNO2/c16-13-6-4-12(5-7-13)14(18)10-17-11-15(19)8-2-1-3-9-15/h4-7,14,17-19H,1-3,8-11H2. The van der Waals surface area contributed by atoms with Crippen LogP contribution in [0.5, 0.6) is 0 Å². The molecule has 0 saturated heterocycles. The molecule has 0 aliphatic heterocycles. The lowest BCUT2D eigenvalue weighted by Gasteiger charge is -2.32. The maximum Gasteiger partial charge on any atom is 0.123 e. The van der Waals surface area contributed by atoms with Crippen LogP contribution < -0.4 is 5.32 Å². The first kappa shape index (κ1) is 14.4. The van der Waals surface area contributed by atoms with E-state index < -0.39 is 11.7 Å². The van der Waals surface area contributed by atoms with Crippen LogP contribution in [0.1, 0.15) is 43.8 Å². The molecule has 0 aromatic heterocycles. The van der Waals surface area contributed by atoms with Crippen LogP contribution in [-0.4, -0.2) is 28.9 Å². The number of rotatable bonds is 5. The molecule has 0 heterocycles. The molecular weight excluding hydrogens is 245 g/mol. The third-order valence-corrected chi connectivity index (χ3v) is 3.83. The summed E-state index contributed by atoms with van der Waals surface area (Å²) in [6, 6.07) is 5.84. The minimum absolute atomic E-state index is 0.305. The van der Waals surface area contributed by atoms with Crippen LogP contribution in [0.25, 0.3) is 0 Å². The maximum absolute atomic E-state index is 12.8. The molecule has 1 aliphatic rings. The highest BCUT2D eigenvalue weighted by Crippen LogP contribution is 2.27. The summed E-state index contributed by atoms with van der Waals surface area (Å²) < 4.78 is 12.8. The molecule has 1 saturated carbocycles. The van der Waals surface area contributed by atoms with E-state index in [1.165, 1.54) is 18.6 Å². The van der Waals surface area contributed by atoms with Gasteiger partial charge in [0.2, 0.25) is 0 Å². The van der Waals surface area contributed by atoms with Crippen LogP contribution in [0.2, 0.25) is 0 Å². The third kappa shape index (κ3) is 4.27. The lowest BCUT2D eigenvalue weighted by atomic mass is 9.85. The van der Waals surface area contributed by atoms with Gasteiger partial charge in [-0.3, -0.25) is 0 Å². The number of benzene rings is 1. The van der Waals surface area contributed by atoms with Gasteiger partial charge in [-0.2, -0.15) is 0 Å². The van der Waals surface area contributed by atoms with Gasteiger partial charge in [0, 0.05) is 13.1 Å². The van der Waals surface area contributed by atoms with Gasteiger partial charge in [-0.1, -0.05) is 31.4 Å². The fraction of sp³-hybridized carbons (Fsp3) is 0.600. The molecule has 1 fully saturated rings. The number of halogens is 1. The monoisotopic (exact) mass is 267 g/mol. The molecule has 0 radical (unpaired) electrons. The van der Waals surface area contributed by atoms with Gasteiger partial charge < -0.3 is 15.5 Å². The van der Waals surface area contributed by atoms with Crippen molar-refractivity contribution in [2.45, 2.75) is 43.8 Å². The first-order chi connectivity index (χ1) is 9.09. The van der Waals surface area contributed by atoms with Crippen molar-refractivity contribution in [1.29, 1.82) is 0 Å². The summed E-state index contributed by atoms with van der Waals surface area (Å²) >= 11 is 0. The van der Waals surface area contributed by atoms with E-state index in [-0.39, 0.29) is 5.82 Å². The van der Waals surface area contributed by atoms with E-state index in [0.29, 0.717) is 18.7 Å². The summed E-state index contributed by atoms with van der Waals surface area (Å²) in [5, 5.41) is 23.4. The second kappa shape index (κ2) is 6.46. The molecule has 1 unspecified atom stereocenters. The minimum Gasteiger partial charge on any atom is -0.389 e. The van der Waals surface area contributed by atoms with E-state index in [2.05, 4.69) is 5.32 Å².